The highest BCUT2D eigenvalue weighted by Crippen LogP contribution is 2.36. The Balaban J connectivity index is 1.80. The van der Waals surface area contributed by atoms with Crippen molar-refractivity contribution in [2.45, 2.75) is 13.5 Å². The van der Waals surface area contributed by atoms with Crippen LogP contribution in [0.25, 0.3) is 11.1 Å². The van der Waals surface area contributed by atoms with E-state index in [1.165, 1.54) is 19.2 Å². The summed E-state index contributed by atoms with van der Waals surface area (Å²) in [6.07, 6.45) is 0. The molecule has 3 N–H and O–H groups in total. The average Bonchev–Trinajstić information content (AvgIpc) is 2.98. The number of aryl methyl sites for hydroxylation is 1. The second kappa shape index (κ2) is 13.4. The number of nitrogens with zero attached hydrogens (tertiary/aromatic N) is 3. The smallest absolute Gasteiger partial charge is 0.339 e. The van der Waals surface area contributed by atoms with Gasteiger partial charge in [-0.15, -0.1) is 0 Å². The highest BCUT2D eigenvalue weighted by Gasteiger charge is 2.31. The standard InChI is InChI=1S/C32H32F2N4O5/c1-19-11-12-24(32(40)41)25(15-19)43-30-28(34)26(31(39)38(4)14-13-37(2)3)27(33)29(36-30)42-23-10-6-9-22(17-23)21-8-5-7-20(16-21)18-35/h5-12,15-17H,13-14,18,35H2,1-4H3,(H,40,41). The number of rotatable bonds is 11. The minimum Gasteiger partial charge on any atom is -0.478 e. The number of aromatic nitrogens is 1. The summed E-state index contributed by atoms with van der Waals surface area (Å²) in [5.41, 5.74) is 7.65. The van der Waals surface area contributed by atoms with Gasteiger partial charge in [0.25, 0.3) is 17.7 Å². The van der Waals surface area contributed by atoms with Gasteiger partial charge in [-0.25, -0.2) is 4.79 Å². The van der Waals surface area contributed by atoms with Crippen LogP contribution in [0.1, 0.15) is 31.8 Å². The number of carbonyl (C=O) groups is 2. The lowest BCUT2D eigenvalue weighted by Gasteiger charge is -2.21. The van der Waals surface area contributed by atoms with Gasteiger partial charge in [0.05, 0.1) is 0 Å². The molecule has 4 rings (SSSR count). The molecule has 43 heavy (non-hydrogen) atoms. The Kier molecular flexibility index (Phi) is 9.69. The molecular formula is C32H32F2N4O5. The molecule has 0 spiro atoms. The molecule has 3 aromatic carbocycles. The molecule has 0 aliphatic carbocycles. The molecule has 0 aliphatic heterocycles. The molecule has 0 bridgehead atoms. The number of carbonyl (C=O) groups excluding carboxylic acids is 1. The quantitative estimate of drug-likeness (QED) is 0.228. The van der Waals surface area contributed by atoms with E-state index in [0.29, 0.717) is 18.7 Å². The van der Waals surface area contributed by atoms with Crippen LogP contribution < -0.4 is 15.2 Å². The van der Waals surface area contributed by atoms with Crippen LogP contribution in [0, 0.1) is 18.6 Å². The van der Waals surface area contributed by atoms with E-state index in [1.54, 1.807) is 45.3 Å². The van der Waals surface area contributed by atoms with Gasteiger partial charge in [-0.2, -0.15) is 13.8 Å². The fourth-order valence-electron chi connectivity index (χ4n) is 4.19. The fraction of sp³-hybridized carbons (Fsp3) is 0.219. The van der Waals surface area contributed by atoms with Crippen molar-refractivity contribution in [3.63, 3.8) is 0 Å². The number of amides is 1. The monoisotopic (exact) mass is 590 g/mol. The summed E-state index contributed by atoms with van der Waals surface area (Å²) in [5.74, 6) is -6.65. The molecule has 11 heteroatoms. The minimum absolute atomic E-state index is 0.153. The predicted octanol–water partition coefficient (Wildman–Crippen LogP) is 5.71. The lowest BCUT2D eigenvalue weighted by Crippen LogP contribution is -2.34. The predicted molar refractivity (Wildman–Crippen MR) is 158 cm³/mol. The summed E-state index contributed by atoms with van der Waals surface area (Å²) in [5, 5.41) is 9.62. The zero-order valence-electron chi connectivity index (χ0n) is 24.2. The van der Waals surface area contributed by atoms with Crippen molar-refractivity contribution >= 4 is 11.9 Å². The van der Waals surface area contributed by atoms with Crippen molar-refractivity contribution in [3.05, 3.63) is 101 Å². The number of ether oxygens (including phenoxy) is 2. The van der Waals surface area contributed by atoms with Crippen LogP contribution in [0.15, 0.2) is 66.7 Å². The zero-order chi connectivity index (χ0) is 31.3. The Labute approximate surface area is 248 Å². The first-order chi connectivity index (χ1) is 20.5. The summed E-state index contributed by atoms with van der Waals surface area (Å²) in [6, 6.07) is 18.4. The third kappa shape index (κ3) is 7.32. The molecule has 0 aliphatic rings. The van der Waals surface area contributed by atoms with Gasteiger partial charge < -0.3 is 30.1 Å². The van der Waals surface area contributed by atoms with E-state index in [-0.39, 0.29) is 23.6 Å². The number of halogens is 2. The van der Waals surface area contributed by atoms with Gasteiger partial charge in [0, 0.05) is 26.7 Å². The molecular weight excluding hydrogens is 558 g/mol. The van der Waals surface area contributed by atoms with E-state index in [4.69, 9.17) is 15.2 Å². The Morgan fingerprint density at radius 1 is 0.884 bits per heavy atom. The van der Waals surface area contributed by atoms with E-state index < -0.39 is 40.8 Å². The molecule has 224 valence electrons. The number of hydrogen-bond acceptors (Lipinski definition) is 7. The van der Waals surface area contributed by atoms with Gasteiger partial charge in [-0.05, 0) is 73.6 Å². The van der Waals surface area contributed by atoms with Crippen LogP contribution in [0.5, 0.6) is 23.3 Å². The highest BCUT2D eigenvalue weighted by molar-refractivity contribution is 5.95. The number of benzene rings is 3. The molecule has 1 heterocycles. The lowest BCUT2D eigenvalue weighted by molar-refractivity contribution is 0.0692. The fourth-order valence-corrected chi connectivity index (χ4v) is 4.19. The van der Waals surface area contributed by atoms with Crippen molar-refractivity contribution in [2.75, 3.05) is 34.2 Å². The molecule has 0 atom stereocenters. The maximum Gasteiger partial charge on any atom is 0.339 e. The van der Waals surface area contributed by atoms with E-state index in [0.717, 1.165) is 21.6 Å². The van der Waals surface area contributed by atoms with Crippen LogP contribution in [0.4, 0.5) is 8.78 Å². The number of likely N-dealkylation sites (N-methyl/N-ethyl adjacent to an activating group) is 2. The van der Waals surface area contributed by atoms with E-state index in [2.05, 4.69) is 4.98 Å². The molecule has 0 unspecified atom stereocenters. The number of carboxylic acids is 1. The van der Waals surface area contributed by atoms with Gasteiger partial charge >= 0.3 is 5.97 Å². The van der Waals surface area contributed by atoms with Gasteiger partial charge in [0.1, 0.15) is 22.6 Å². The van der Waals surface area contributed by atoms with E-state index >= 15 is 8.78 Å². The number of carboxylic acid groups (broad SMARTS) is 1. The number of nitrogens with two attached hydrogens (primary N) is 1. The largest absolute Gasteiger partial charge is 0.478 e. The second-order valence-electron chi connectivity index (χ2n) is 10.2. The first-order valence-corrected chi connectivity index (χ1v) is 13.4. The van der Waals surface area contributed by atoms with Crippen LogP contribution in [0.2, 0.25) is 0 Å². The molecule has 0 radical (unpaired) electrons. The Hall–Kier alpha value is -4.87. The molecule has 1 aromatic heterocycles. The highest BCUT2D eigenvalue weighted by atomic mass is 19.1. The maximum atomic E-state index is 15.9. The Bertz CT molecular complexity index is 1660. The minimum atomic E-state index is -1.39. The van der Waals surface area contributed by atoms with Crippen LogP contribution >= 0.6 is 0 Å². The first kappa shape index (κ1) is 31.1. The first-order valence-electron chi connectivity index (χ1n) is 13.4. The Morgan fingerprint density at radius 2 is 1.53 bits per heavy atom. The van der Waals surface area contributed by atoms with Crippen molar-refractivity contribution in [3.8, 4) is 34.4 Å². The lowest BCUT2D eigenvalue weighted by atomic mass is 10.0. The van der Waals surface area contributed by atoms with Crippen LogP contribution in [-0.4, -0.2) is 66.0 Å². The normalized spacial score (nSPS) is 11.0. The maximum absolute atomic E-state index is 15.9. The molecule has 1 amide bonds. The third-order valence-electron chi connectivity index (χ3n) is 6.58. The summed E-state index contributed by atoms with van der Waals surface area (Å²) in [7, 11) is 5.01. The van der Waals surface area contributed by atoms with Crippen LogP contribution in [0.3, 0.4) is 0 Å². The SMILES string of the molecule is Cc1ccc(C(=O)O)c(Oc2nc(Oc3cccc(-c4cccc(CN)c4)c3)c(F)c(C(=O)N(C)CCN(C)C)c2F)c1. The van der Waals surface area contributed by atoms with Gasteiger partial charge in [0.2, 0.25) is 11.6 Å². The van der Waals surface area contributed by atoms with E-state index in [1.807, 2.05) is 35.2 Å². The van der Waals surface area contributed by atoms with E-state index in [9.17, 15) is 14.7 Å². The number of pyridine rings is 1. The Morgan fingerprint density at radius 3 is 2.19 bits per heavy atom. The van der Waals surface area contributed by atoms with Crippen molar-refractivity contribution in [1.29, 1.82) is 0 Å². The van der Waals surface area contributed by atoms with Gasteiger partial charge in [-0.1, -0.05) is 36.4 Å². The number of aromatic carboxylic acids is 1. The van der Waals surface area contributed by atoms with Gasteiger partial charge in [0.15, 0.2) is 0 Å². The second-order valence-corrected chi connectivity index (χ2v) is 10.2. The summed E-state index contributed by atoms with van der Waals surface area (Å²) in [4.78, 5) is 32.0. The topological polar surface area (TPSA) is 118 Å². The molecule has 4 aromatic rings. The number of hydrogen-bond donors (Lipinski definition) is 2. The molecule has 0 saturated heterocycles. The van der Waals surface area contributed by atoms with Crippen LogP contribution in [-0.2, 0) is 6.54 Å². The van der Waals surface area contributed by atoms with Crippen molar-refractivity contribution < 1.29 is 33.0 Å². The molecule has 9 nitrogen and oxygen atoms in total. The average molecular weight is 591 g/mol. The zero-order valence-corrected chi connectivity index (χ0v) is 24.2. The third-order valence-corrected chi connectivity index (χ3v) is 6.58. The molecule has 0 saturated carbocycles. The van der Waals surface area contributed by atoms with Crippen molar-refractivity contribution in [2.24, 2.45) is 5.73 Å². The van der Waals surface area contributed by atoms with Crippen molar-refractivity contribution in [1.82, 2.24) is 14.8 Å². The summed E-state index contributed by atoms with van der Waals surface area (Å²) in [6.45, 7) is 2.64. The summed E-state index contributed by atoms with van der Waals surface area (Å²) >= 11 is 0. The van der Waals surface area contributed by atoms with Gasteiger partial charge in [-0.3, -0.25) is 4.79 Å². The molecule has 0 fully saturated rings. The summed E-state index contributed by atoms with van der Waals surface area (Å²) < 4.78 is 43.1.